The van der Waals surface area contributed by atoms with E-state index in [1.807, 2.05) is 25.1 Å². The first-order chi connectivity index (χ1) is 8.63. The highest BCUT2D eigenvalue weighted by Gasteiger charge is 2.40. The molecule has 0 N–H and O–H groups in total. The van der Waals surface area contributed by atoms with Gasteiger partial charge in [0.1, 0.15) is 0 Å². The van der Waals surface area contributed by atoms with Gasteiger partial charge in [0.15, 0.2) is 5.78 Å². The molecule has 2 aliphatic carbocycles. The van der Waals surface area contributed by atoms with Crippen LogP contribution in [0, 0.1) is 24.7 Å². The summed E-state index contributed by atoms with van der Waals surface area (Å²) in [6.45, 7) is 2.04. The summed E-state index contributed by atoms with van der Waals surface area (Å²) in [5.41, 5.74) is 2.03. The van der Waals surface area contributed by atoms with Gasteiger partial charge in [0, 0.05) is 16.5 Å². The second-order valence-electron chi connectivity index (χ2n) is 6.03. The summed E-state index contributed by atoms with van der Waals surface area (Å²) in [4.78, 5) is 12.3. The number of benzene rings is 1. The van der Waals surface area contributed by atoms with E-state index in [0.717, 1.165) is 33.9 Å². The van der Waals surface area contributed by atoms with Crippen LogP contribution in [-0.4, -0.2) is 5.78 Å². The van der Waals surface area contributed by atoms with Gasteiger partial charge in [0.05, 0.1) is 0 Å². The van der Waals surface area contributed by atoms with E-state index in [1.54, 1.807) is 0 Å². The molecule has 1 aromatic carbocycles. The molecule has 3 atom stereocenters. The van der Waals surface area contributed by atoms with Crippen LogP contribution in [0.15, 0.2) is 22.7 Å². The second kappa shape index (κ2) is 4.80. The van der Waals surface area contributed by atoms with Crippen LogP contribution < -0.4 is 0 Å². The van der Waals surface area contributed by atoms with E-state index in [-0.39, 0.29) is 0 Å². The molecule has 2 saturated carbocycles. The third-order valence-electron chi connectivity index (χ3n) is 4.81. The molecule has 0 saturated heterocycles. The Bertz CT molecular complexity index is 480. The molecule has 1 aromatic rings. The van der Waals surface area contributed by atoms with Crippen LogP contribution in [0.4, 0.5) is 0 Å². The molecule has 0 amide bonds. The molecule has 2 aliphatic rings. The number of rotatable bonds is 3. The van der Waals surface area contributed by atoms with Crippen molar-refractivity contribution < 1.29 is 4.79 Å². The van der Waals surface area contributed by atoms with Crippen molar-refractivity contribution in [3.8, 4) is 0 Å². The summed E-state index contributed by atoms with van der Waals surface area (Å²) in [5.74, 6) is 2.78. The number of fused-ring (bicyclic) bond motifs is 2. The summed E-state index contributed by atoms with van der Waals surface area (Å²) < 4.78 is 1.08. The van der Waals surface area contributed by atoms with Gasteiger partial charge in [-0.1, -0.05) is 28.4 Å². The second-order valence-corrected chi connectivity index (χ2v) is 6.88. The number of Topliss-reactive ketones (excluding diaryl/α,β-unsaturated/α-hetero) is 1. The fourth-order valence-corrected chi connectivity index (χ4v) is 4.05. The van der Waals surface area contributed by atoms with Crippen molar-refractivity contribution in [2.24, 2.45) is 17.8 Å². The van der Waals surface area contributed by atoms with E-state index in [1.165, 1.54) is 25.7 Å². The fourth-order valence-electron chi connectivity index (χ4n) is 3.80. The maximum Gasteiger partial charge on any atom is 0.163 e. The standard InChI is InChI=1S/C16H19BrO/c1-10-6-13(4-5-15(10)17)16(18)9-14-8-11-2-3-12(14)7-11/h4-6,11-12,14H,2-3,7-9H2,1H3. The van der Waals surface area contributed by atoms with Crippen molar-refractivity contribution in [1.29, 1.82) is 0 Å². The first-order valence-electron chi connectivity index (χ1n) is 6.93. The lowest BCUT2D eigenvalue weighted by Crippen LogP contribution is -2.15. The van der Waals surface area contributed by atoms with Gasteiger partial charge in [-0.2, -0.15) is 0 Å². The van der Waals surface area contributed by atoms with Crippen LogP contribution in [-0.2, 0) is 0 Å². The largest absolute Gasteiger partial charge is 0.294 e. The quantitative estimate of drug-likeness (QED) is 0.735. The molecule has 0 radical (unpaired) electrons. The first-order valence-corrected chi connectivity index (χ1v) is 7.72. The van der Waals surface area contributed by atoms with Crippen molar-refractivity contribution in [1.82, 2.24) is 0 Å². The monoisotopic (exact) mass is 306 g/mol. The van der Waals surface area contributed by atoms with Crippen LogP contribution in [0.3, 0.4) is 0 Å². The molecule has 0 aromatic heterocycles. The van der Waals surface area contributed by atoms with E-state index in [0.29, 0.717) is 11.7 Å². The van der Waals surface area contributed by atoms with Gasteiger partial charge in [0.2, 0.25) is 0 Å². The number of carbonyl (C=O) groups is 1. The van der Waals surface area contributed by atoms with Crippen LogP contribution in [0.1, 0.15) is 48.0 Å². The number of hydrogen-bond donors (Lipinski definition) is 0. The molecule has 3 unspecified atom stereocenters. The number of carbonyl (C=O) groups excluding carboxylic acids is 1. The van der Waals surface area contributed by atoms with Crippen molar-refractivity contribution in [2.75, 3.05) is 0 Å². The van der Waals surface area contributed by atoms with E-state index >= 15 is 0 Å². The normalized spacial score (nSPS) is 29.8. The summed E-state index contributed by atoms with van der Waals surface area (Å²) in [6.07, 6.45) is 6.22. The topological polar surface area (TPSA) is 17.1 Å². The SMILES string of the molecule is Cc1cc(C(=O)CC2CC3CCC2C3)ccc1Br. The highest BCUT2D eigenvalue weighted by atomic mass is 79.9. The minimum absolute atomic E-state index is 0.336. The Morgan fingerprint density at radius 3 is 2.78 bits per heavy atom. The number of hydrogen-bond acceptors (Lipinski definition) is 1. The van der Waals surface area contributed by atoms with Crippen molar-refractivity contribution in [3.05, 3.63) is 33.8 Å². The van der Waals surface area contributed by atoms with Crippen molar-refractivity contribution >= 4 is 21.7 Å². The van der Waals surface area contributed by atoms with Crippen molar-refractivity contribution in [3.63, 3.8) is 0 Å². The minimum atomic E-state index is 0.336. The third-order valence-corrected chi connectivity index (χ3v) is 5.70. The zero-order chi connectivity index (χ0) is 12.7. The molecule has 2 bridgehead atoms. The van der Waals surface area contributed by atoms with Crippen LogP contribution >= 0.6 is 15.9 Å². The van der Waals surface area contributed by atoms with Gasteiger partial charge in [-0.05, 0) is 61.6 Å². The van der Waals surface area contributed by atoms with Gasteiger partial charge >= 0.3 is 0 Å². The highest BCUT2D eigenvalue weighted by Crippen LogP contribution is 2.49. The number of halogens is 1. The van der Waals surface area contributed by atoms with E-state index in [2.05, 4.69) is 15.9 Å². The Kier molecular flexibility index (Phi) is 3.31. The lowest BCUT2D eigenvalue weighted by molar-refractivity contribution is 0.0944. The molecule has 2 heteroatoms. The third kappa shape index (κ3) is 2.27. The molecule has 0 aliphatic heterocycles. The Labute approximate surface area is 117 Å². The van der Waals surface area contributed by atoms with Crippen molar-refractivity contribution in [2.45, 2.75) is 39.0 Å². The van der Waals surface area contributed by atoms with Gasteiger partial charge in [-0.15, -0.1) is 0 Å². The van der Waals surface area contributed by atoms with E-state index < -0.39 is 0 Å². The van der Waals surface area contributed by atoms with Gasteiger partial charge in [-0.3, -0.25) is 4.79 Å². The fraction of sp³-hybridized carbons (Fsp3) is 0.562. The lowest BCUT2D eigenvalue weighted by Gasteiger charge is -2.20. The first kappa shape index (κ1) is 12.4. The highest BCUT2D eigenvalue weighted by molar-refractivity contribution is 9.10. The van der Waals surface area contributed by atoms with Gasteiger partial charge in [-0.25, -0.2) is 0 Å². The van der Waals surface area contributed by atoms with Gasteiger partial charge in [0.25, 0.3) is 0 Å². The zero-order valence-corrected chi connectivity index (χ0v) is 12.4. The van der Waals surface area contributed by atoms with E-state index in [4.69, 9.17) is 0 Å². The summed E-state index contributed by atoms with van der Waals surface area (Å²) >= 11 is 3.48. The molecule has 18 heavy (non-hydrogen) atoms. The zero-order valence-electron chi connectivity index (χ0n) is 10.8. The van der Waals surface area contributed by atoms with Gasteiger partial charge < -0.3 is 0 Å². The van der Waals surface area contributed by atoms with Crippen LogP contribution in [0.25, 0.3) is 0 Å². The summed E-state index contributed by atoms with van der Waals surface area (Å²) in [5, 5.41) is 0. The molecule has 2 fully saturated rings. The van der Waals surface area contributed by atoms with E-state index in [9.17, 15) is 4.79 Å². The Balaban J connectivity index is 1.69. The molecule has 1 nitrogen and oxygen atoms in total. The minimum Gasteiger partial charge on any atom is -0.294 e. The smallest absolute Gasteiger partial charge is 0.163 e. The average molecular weight is 307 g/mol. The number of aryl methyl sites for hydroxylation is 1. The average Bonchev–Trinajstić information content (AvgIpc) is 2.94. The summed E-state index contributed by atoms with van der Waals surface area (Å²) in [7, 11) is 0. The molecule has 0 heterocycles. The predicted molar refractivity (Wildman–Crippen MR) is 76.8 cm³/mol. The molecule has 0 spiro atoms. The van der Waals surface area contributed by atoms with Crippen LogP contribution in [0.2, 0.25) is 0 Å². The van der Waals surface area contributed by atoms with Crippen LogP contribution in [0.5, 0.6) is 0 Å². The predicted octanol–water partition coefficient (Wildman–Crippen LogP) is 4.77. The number of ketones is 1. The molecule has 3 rings (SSSR count). The maximum absolute atomic E-state index is 12.3. The molecule has 96 valence electrons. The molecular weight excluding hydrogens is 288 g/mol. The molecular formula is C16H19BrO. The Morgan fingerprint density at radius 2 is 2.17 bits per heavy atom. The summed E-state index contributed by atoms with van der Waals surface area (Å²) in [6, 6.07) is 5.95. The Morgan fingerprint density at radius 1 is 1.33 bits per heavy atom. The Hall–Kier alpha value is -0.630. The lowest BCUT2D eigenvalue weighted by atomic mass is 9.84. The maximum atomic E-state index is 12.3.